The van der Waals surface area contributed by atoms with Crippen molar-refractivity contribution in [3.8, 4) is 27.9 Å². The summed E-state index contributed by atoms with van der Waals surface area (Å²) in [5, 5.41) is 10.1. The molecule has 4 heteroatoms. The van der Waals surface area contributed by atoms with Crippen molar-refractivity contribution in [1.29, 1.82) is 0 Å². The molecule has 1 unspecified atom stereocenters. The zero-order chi connectivity index (χ0) is 40.0. The molecule has 12 rings (SSSR count). The second kappa shape index (κ2) is 13.2. The third kappa shape index (κ3) is 5.17. The normalized spacial score (nSPS) is 15.6. The lowest BCUT2D eigenvalue weighted by atomic mass is 9.75. The molecule has 3 heterocycles. The molecule has 0 saturated heterocycles. The molecule has 0 saturated carbocycles. The van der Waals surface area contributed by atoms with Gasteiger partial charge in [0.15, 0.2) is 0 Å². The van der Waals surface area contributed by atoms with Crippen LogP contribution in [0.15, 0.2) is 205 Å². The molecule has 4 nitrogen and oxygen atoms in total. The van der Waals surface area contributed by atoms with Gasteiger partial charge in [-0.3, -0.25) is 4.98 Å². The van der Waals surface area contributed by atoms with Crippen molar-refractivity contribution in [1.82, 2.24) is 14.9 Å². The van der Waals surface area contributed by atoms with E-state index < -0.39 is 0 Å². The number of hydrogen-bond acceptors (Lipinski definition) is 3. The average molecular weight is 769 g/mol. The van der Waals surface area contributed by atoms with Crippen LogP contribution in [0.2, 0.25) is 0 Å². The molecule has 0 radical (unpaired) electrons. The van der Waals surface area contributed by atoms with E-state index >= 15 is 0 Å². The Labute approximate surface area is 348 Å². The Morgan fingerprint density at radius 3 is 1.87 bits per heavy atom. The molecule has 1 aliphatic carbocycles. The van der Waals surface area contributed by atoms with Crippen molar-refractivity contribution in [2.24, 2.45) is 4.99 Å². The SMILES string of the molecule is CC1(C)C2=C(N=C(c3ccccc3)NC2c2ccc(-n3c4ccccc4c4cc5ccccc5cc43)c3ncccc23)c2cc(-c3ccccc3)c(-c3ccccc3)cc21. The van der Waals surface area contributed by atoms with E-state index in [-0.39, 0.29) is 11.5 Å². The maximum absolute atomic E-state index is 5.56. The summed E-state index contributed by atoms with van der Waals surface area (Å²) < 4.78 is 2.41. The summed E-state index contributed by atoms with van der Waals surface area (Å²) in [7, 11) is 0. The van der Waals surface area contributed by atoms with Crippen molar-refractivity contribution in [2.45, 2.75) is 25.3 Å². The van der Waals surface area contributed by atoms with Gasteiger partial charge in [-0.15, -0.1) is 0 Å². The number of rotatable bonds is 5. The van der Waals surface area contributed by atoms with Crippen LogP contribution in [-0.2, 0) is 5.41 Å². The van der Waals surface area contributed by atoms with E-state index in [0.717, 1.165) is 39.2 Å². The molecule has 1 aliphatic heterocycles. The van der Waals surface area contributed by atoms with E-state index in [1.807, 2.05) is 6.20 Å². The standard InChI is InChI=1S/C56H40N4/c1-56(2)47-34-44(36-19-8-4-9-20-36)43(35-17-6-3-7-18-35)33-46(47)54-51(56)53(58-55(59-54)37-21-10-5-11-22-37)42-28-29-49(52-41(42)26-16-30-57-52)60-48-27-15-14-25-40(48)45-31-38-23-12-13-24-39(38)32-50(45)60/h3-34,53H,1-2H3,(H,58,59). The van der Waals surface area contributed by atoms with Crippen molar-refractivity contribution in [3.63, 3.8) is 0 Å². The Morgan fingerprint density at radius 2 is 1.13 bits per heavy atom. The highest BCUT2D eigenvalue weighted by Gasteiger charge is 2.45. The number of benzene rings is 8. The first-order valence-corrected chi connectivity index (χ1v) is 20.8. The van der Waals surface area contributed by atoms with E-state index in [1.54, 1.807) is 0 Å². The van der Waals surface area contributed by atoms with Crippen molar-refractivity contribution < 1.29 is 0 Å². The molecule has 2 aliphatic rings. The zero-order valence-electron chi connectivity index (χ0n) is 33.4. The van der Waals surface area contributed by atoms with Crippen LogP contribution in [0, 0.1) is 0 Å². The fourth-order valence-corrected chi connectivity index (χ4v) is 10.1. The fourth-order valence-electron chi connectivity index (χ4n) is 10.1. The first-order chi connectivity index (χ1) is 29.5. The highest BCUT2D eigenvalue weighted by molar-refractivity contribution is 6.14. The van der Waals surface area contributed by atoms with Gasteiger partial charge in [-0.25, -0.2) is 4.99 Å². The molecule has 0 fully saturated rings. The first kappa shape index (κ1) is 34.5. The first-order valence-electron chi connectivity index (χ1n) is 20.8. The van der Waals surface area contributed by atoms with Crippen LogP contribution >= 0.6 is 0 Å². The number of para-hydroxylation sites is 1. The number of fused-ring (bicyclic) bond motifs is 7. The average Bonchev–Trinajstić information content (AvgIpc) is 3.74. The maximum atomic E-state index is 5.56. The lowest BCUT2D eigenvalue weighted by Crippen LogP contribution is -2.37. The summed E-state index contributed by atoms with van der Waals surface area (Å²) in [5.74, 6) is 0.867. The lowest BCUT2D eigenvalue weighted by molar-refractivity contribution is 0.556. The van der Waals surface area contributed by atoms with Crippen LogP contribution in [0.4, 0.5) is 0 Å². The molecular formula is C56H40N4. The van der Waals surface area contributed by atoms with E-state index in [1.165, 1.54) is 71.6 Å². The van der Waals surface area contributed by atoms with Gasteiger partial charge in [0, 0.05) is 38.9 Å². The summed E-state index contributed by atoms with van der Waals surface area (Å²) >= 11 is 0. The van der Waals surface area contributed by atoms with Gasteiger partial charge in [-0.1, -0.05) is 159 Å². The molecule has 60 heavy (non-hydrogen) atoms. The van der Waals surface area contributed by atoms with Crippen LogP contribution in [0.25, 0.3) is 77.1 Å². The monoisotopic (exact) mass is 768 g/mol. The van der Waals surface area contributed by atoms with Crippen LogP contribution in [0.5, 0.6) is 0 Å². The second-order valence-corrected chi connectivity index (χ2v) is 16.6. The Hall–Kier alpha value is -7.56. The summed E-state index contributed by atoms with van der Waals surface area (Å²) in [6.07, 6.45) is 1.93. The largest absolute Gasteiger partial charge is 0.359 e. The molecular weight excluding hydrogens is 729 g/mol. The topological polar surface area (TPSA) is 42.2 Å². The Kier molecular flexibility index (Phi) is 7.61. The Balaban J connectivity index is 1.10. The molecule has 10 aromatic rings. The van der Waals surface area contributed by atoms with Gasteiger partial charge >= 0.3 is 0 Å². The predicted octanol–water partition coefficient (Wildman–Crippen LogP) is 13.6. The molecule has 0 amide bonds. The van der Waals surface area contributed by atoms with Gasteiger partial charge in [0.25, 0.3) is 0 Å². The number of nitrogens with zero attached hydrogens (tertiary/aromatic N) is 3. The highest BCUT2D eigenvalue weighted by atomic mass is 15.1. The molecule has 1 N–H and O–H groups in total. The van der Waals surface area contributed by atoms with Crippen LogP contribution in [0.3, 0.4) is 0 Å². The molecule has 0 spiro atoms. The summed E-state index contributed by atoms with van der Waals surface area (Å²) in [5.41, 5.74) is 15.8. The molecule has 0 bridgehead atoms. The molecule has 1 atom stereocenters. The van der Waals surface area contributed by atoms with Gasteiger partial charge in [-0.05, 0) is 92.2 Å². The highest BCUT2D eigenvalue weighted by Crippen LogP contribution is 2.56. The molecule has 8 aromatic carbocycles. The lowest BCUT2D eigenvalue weighted by Gasteiger charge is -2.35. The van der Waals surface area contributed by atoms with Crippen molar-refractivity contribution in [2.75, 3.05) is 0 Å². The van der Waals surface area contributed by atoms with Crippen molar-refractivity contribution in [3.05, 3.63) is 222 Å². The number of pyridine rings is 1. The maximum Gasteiger partial charge on any atom is 0.134 e. The summed E-state index contributed by atoms with van der Waals surface area (Å²) in [6.45, 7) is 4.75. The molecule has 284 valence electrons. The summed E-state index contributed by atoms with van der Waals surface area (Å²) in [4.78, 5) is 10.8. The number of aromatic nitrogens is 2. The fraction of sp³-hybridized carbons (Fsp3) is 0.0714. The van der Waals surface area contributed by atoms with E-state index in [9.17, 15) is 0 Å². The number of nitrogens with one attached hydrogen (secondary N) is 1. The van der Waals surface area contributed by atoms with Crippen LogP contribution < -0.4 is 5.32 Å². The van der Waals surface area contributed by atoms with Crippen molar-refractivity contribution >= 4 is 55.0 Å². The van der Waals surface area contributed by atoms with Gasteiger partial charge in [-0.2, -0.15) is 0 Å². The second-order valence-electron chi connectivity index (χ2n) is 16.6. The summed E-state index contributed by atoms with van der Waals surface area (Å²) in [6, 6.07) is 67.8. The van der Waals surface area contributed by atoms with E-state index in [2.05, 4.69) is 212 Å². The third-order valence-electron chi connectivity index (χ3n) is 12.9. The Morgan fingerprint density at radius 1 is 0.517 bits per heavy atom. The van der Waals surface area contributed by atoms with E-state index in [0.29, 0.717) is 0 Å². The van der Waals surface area contributed by atoms with E-state index in [4.69, 9.17) is 9.98 Å². The minimum absolute atomic E-state index is 0.182. The Bertz CT molecular complexity index is 3410. The minimum atomic E-state index is -0.353. The number of amidine groups is 1. The van der Waals surface area contributed by atoms with Gasteiger partial charge in [0.05, 0.1) is 34.0 Å². The zero-order valence-corrected chi connectivity index (χ0v) is 33.4. The van der Waals surface area contributed by atoms with Gasteiger partial charge < -0.3 is 9.88 Å². The van der Waals surface area contributed by atoms with Crippen LogP contribution in [-0.4, -0.2) is 15.4 Å². The smallest absolute Gasteiger partial charge is 0.134 e. The molecule has 2 aromatic heterocycles. The van der Waals surface area contributed by atoms with Gasteiger partial charge in [0.1, 0.15) is 5.84 Å². The van der Waals surface area contributed by atoms with Gasteiger partial charge in [0.2, 0.25) is 0 Å². The number of aliphatic imine (C=N–C) groups is 1. The number of hydrogen-bond donors (Lipinski definition) is 1. The quantitative estimate of drug-likeness (QED) is 0.189. The van der Waals surface area contributed by atoms with Crippen LogP contribution in [0.1, 0.15) is 42.1 Å². The minimum Gasteiger partial charge on any atom is -0.359 e. The predicted molar refractivity (Wildman–Crippen MR) is 250 cm³/mol. The third-order valence-corrected chi connectivity index (χ3v) is 12.9.